The molecule has 3 rings (SSSR count). The lowest BCUT2D eigenvalue weighted by Crippen LogP contribution is -2.33. The molecule has 0 saturated heterocycles. The Labute approximate surface area is 187 Å². The van der Waals surface area contributed by atoms with Crippen LogP contribution in [0.1, 0.15) is 47.9 Å². The van der Waals surface area contributed by atoms with Crippen molar-refractivity contribution < 1.29 is 9.47 Å². The molecule has 0 N–H and O–H groups in total. The van der Waals surface area contributed by atoms with E-state index in [-0.39, 0.29) is 0 Å². The molecule has 2 heteroatoms. The van der Waals surface area contributed by atoms with Gasteiger partial charge in [-0.25, -0.2) is 0 Å². The fourth-order valence-electron chi connectivity index (χ4n) is 4.05. The molecule has 0 aromatic heterocycles. The van der Waals surface area contributed by atoms with Crippen molar-refractivity contribution in [1.29, 1.82) is 0 Å². The Kier molecular flexibility index (Phi) is 8.22. The number of aryl methyl sites for hydroxylation is 2. The molecule has 0 unspecified atom stereocenters. The molecule has 0 aliphatic heterocycles. The normalized spacial score (nSPS) is 14.1. The number of hydrogen-bond acceptors (Lipinski definition) is 2. The second-order valence-corrected chi connectivity index (χ2v) is 8.02. The molecule has 2 nitrogen and oxygen atoms in total. The van der Waals surface area contributed by atoms with Gasteiger partial charge in [0.1, 0.15) is 0 Å². The molecule has 0 amide bonds. The van der Waals surface area contributed by atoms with Crippen molar-refractivity contribution in [1.82, 2.24) is 0 Å². The standard InChI is InChI=1S/C29H34O2/c1-5-7-9-11-13-19-30-29(31-20-14-12-10-8-6-2)27-21-23(3)15-17-25(27)26-18-16-24(4)22-28(26)29/h5-10,15-18,21-22H,1-2,11-14,19-20H2,3-4H3/b9-7+,10-8+. The van der Waals surface area contributed by atoms with E-state index in [0.717, 1.165) is 36.8 Å². The summed E-state index contributed by atoms with van der Waals surface area (Å²) in [6.45, 7) is 13.0. The van der Waals surface area contributed by atoms with Crippen molar-refractivity contribution in [2.24, 2.45) is 0 Å². The zero-order chi connectivity index (χ0) is 22.1. The summed E-state index contributed by atoms with van der Waals surface area (Å²) in [7, 11) is 0. The van der Waals surface area contributed by atoms with Crippen molar-refractivity contribution in [3.63, 3.8) is 0 Å². The van der Waals surface area contributed by atoms with E-state index in [1.54, 1.807) is 12.2 Å². The largest absolute Gasteiger partial charge is 0.342 e. The van der Waals surface area contributed by atoms with Gasteiger partial charge in [0.2, 0.25) is 5.79 Å². The second kappa shape index (κ2) is 11.1. The van der Waals surface area contributed by atoms with Gasteiger partial charge in [-0.1, -0.05) is 85.0 Å². The van der Waals surface area contributed by atoms with E-state index in [4.69, 9.17) is 9.47 Å². The van der Waals surface area contributed by atoms with E-state index in [1.807, 2.05) is 12.2 Å². The van der Waals surface area contributed by atoms with Gasteiger partial charge in [-0.05, 0) is 62.8 Å². The number of unbranched alkanes of at least 4 members (excludes halogenated alkanes) is 2. The predicted molar refractivity (Wildman–Crippen MR) is 131 cm³/mol. The minimum Gasteiger partial charge on any atom is -0.342 e. The summed E-state index contributed by atoms with van der Waals surface area (Å²) in [5.41, 5.74) is 7.08. The maximum absolute atomic E-state index is 6.65. The van der Waals surface area contributed by atoms with Gasteiger partial charge in [0.05, 0.1) is 13.2 Å². The molecule has 0 fully saturated rings. The summed E-state index contributed by atoms with van der Waals surface area (Å²) >= 11 is 0. The first-order valence-corrected chi connectivity index (χ1v) is 11.2. The summed E-state index contributed by atoms with van der Waals surface area (Å²) < 4.78 is 13.3. The average molecular weight is 415 g/mol. The topological polar surface area (TPSA) is 18.5 Å². The van der Waals surface area contributed by atoms with Crippen LogP contribution in [-0.4, -0.2) is 13.2 Å². The molecule has 31 heavy (non-hydrogen) atoms. The van der Waals surface area contributed by atoms with Gasteiger partial charge in [0, 0.05) is 11.1 Å². The van der Waals surface area contributed by atoms with Crippen molar-refractivity contribution in [3.05, 3.63) is 108 Å². The van der Waals surface area contributed by atoms with E-state index < -0.39 is 5.79 Å². The summed E-state index contributed by atoms with van der Waals surface area (Å²) in [5, 5.41) is 0. The Balaban J connectivity index is 1.91. The van der Waals surface area contributed by atoms with Crippen LogP contribution in [0.15, 0.2) is 86.0 Å². The van der Waals surface area contributed by atoms with E-state index in [1.165, 1.54) is 22.3 Å². The van der Waals surface area contributed by atoms with Crippen molar-refractivity contribution in [2.45, 2.75) is 45.3 Å². The highest BCUT2D eigenvalue weighted by molar-refractivity contribution is 5.80. The summed E-state index contributed by atoms with van der Waals surface area (Å²) in [6.07, 6.45) is 15.6. The van der Waals surface area contributed by atoms with Gasteiger partial charge in [-0.15, -0.1) is 0 Å². The minimum atomic E-state index is -0.854. The number of fused-ring (bicyclic) bond motifs is 3. The van der Waals surface area contributed by atoms with E-state index >= 15 is 0 Å². The maximum Gasteiger partial charge on any atom is 0.223 e. The Morgan fingerprint density at radius 3 is 1.61 bits per heavy atom. The summed E-state index contributed by atoms with van der Waals surface area (Å²) in [4.78, 5) is 0. The lowest BCUT2D eigenvalue weighted by Gasteiger charge is -2.32. The number of hydrogen-bond donors (Lipinski definition) is 0. The van der Waals surface area contributed by atoms with Crippen LogP contribution in [0.25, 0.3) is 11.1 Å². The molecule has 162 valence electrons. The number of rotatable bonds is 12. The maximum atomic E-state index is 6.65. The highest BCUT2D eigenvalue weighted by Crippen LogP contribution is 2.51. The SMILES string of the molecule is C=C/C=C/CCCOC1(OCCC/C=C/C=C)c2cc(C)ccc2-c2ccc(C)cc21. The van der Waals surface area contributed by atoms with Gasteiger partial charge in [-0.2, -0.15) is 0 Å². The van der Waals surface area contributed by atoms with Crippen LogP contribution in [0.2, 0.25) is 0 Å². The lowest BCUT2D eigenvalue weighted by atomic mass is 10.0. The third kappa shape index (κ3) is 5.33. The lowest BCUT2D eigenvalue weighted by molar-refractivity contribution is -0.216. The van der Waals surface area contributed by atoms with Crippen LogP contribution in [0.4, 0.5) is 0 Å². The Morgan fingerprint density at radius 1 is 0.742 bits per heavy atom. The van der Waals surface area contributed by atoms with E-state index in [2.05, 4.69) is 75.6 Å². The molecular formula is C29H34O2. The number of allylic oxidation sites excluding steroid dienone is 6. The Hall–Kier alpha value is -2.68. The van der Waals surface area contributed by atoms with Gasteiger partial charge < -0.3 is 9.47 Å². The van der Waals surface area contributed by atoms with Crippen LogP contribution >= 0.6 is 0 Å². The van der Waals surface area contributed by atoms with E-state index in [9.17, 15) is 0 Å². The first kappa shape index (κ1) is 23.0. The molecule has 0 spiro atoms. The Bertz CT molecular complexity index is 885. The molecular weight excluding hydrogens is 380 g/mol. The van der Waals surface area contributed by atoms with Crippen LogP contribution in [-0.2, 0) is 15.3 Å². The molecule has 1 aliphatic carbocycles. The third-order valence-corrected chi connectivity index (χ3v) is 5.53. The predicted octanol–water partition coefficient (Wildman–Crippen LogP) is 7.56. The Morgan fingerprint density at radius 2 is 1.19 bits per heavy atom. The van der Waals surface area contributed by atoms with Gasteiger partial charge in [-0.3, -0.25) is 0 Å². The summed E-state index contributed by atoms with van der Waals surface area (Å²) in [5.74, 6) is -0.854. The fraction of sp³-hybridized carbons (Fsp3) is 0.310. The smallest absolute Gasteiger partial charge is 0.223 e. The van der Waals surface area contributed by atoms with Crippen LogP contribution in [0.3, 0.4) is 0 Å². The zero-order valence-electron chi connectivity index (χ0n) is 18.9. The zero-order valence-corrected chi connectivity index (χ0v) is 18.9. The van der Waals surface area contributed by atoms with Crippen LogP contribution in [0.5, 0.6) is 0 Å². The molecule has 0 bridgehead atoms. The molecule has 0 saturated carbocycles. The van der Waals surface area contributed by atoms with Crippen LogP contribution in [0, 0.1) is 13.8 Å². The number of benzene rings is 2. The monoisotopic (exact) mass is 414 g/mol. The molecule has 0 atom stereocenters. The van der Waals surface area contributed by atoms with Crippen LogP contribution < -0.4 is 0 Å². The highest BCUT2D eigenvalue weighted by Gasteiger charge is 2.45. The van der Waals surface area contributed by atoms with Crippen molar-refractivity contribution in [2.75, 3.05) is 13.2 Å². The first-order valence-electron chi connectivity index (χ1n) is 11.2. The van der Waals surface area contributed by atoms with Gasteiger partial charge in [0.25, 0.3) is 0 Å². The molecule has 2 aromatic carbocycles. The highest BCUT2D eigenvalue weighted by atomic mass is 16.7. The molecule has 1 aliphatic rings. The molecule has 0 radical (unpaired) electrons. The van der Waals surface area contributed by atoms with Gasteiger partial charge in [0.15, 0.2) is 0 Å². The van der Waals surface area contributed by atoms with E-state index in [0.29, 0.717) is 13.2 Å². The molecule has 0 heterocycles. The first-order chi connectivity index (χ1) is 15.1. The average Bonchev–Trinajstić information content (AvgIpc) is 3.02. The molecule has 2 aromatic rings. The second-order valence-electron chi connectivity index (χ2n) is 8.02. The number of ether oxygens (including phenoxy) is 2. The minimum absolute atomic E-state index is 0.624. The fourth-order valence-corrected chi connectivity index (χ4v) is 4.05. The van der Waals surface area contributed by atoms with Gasteiger partial charge >= 0.3 is 0 Å². The quantitative estimate of drug-likeness (QED) is 0.203. The van der Waals surface area contributed by atoms with Crippen molar-refractivity contribution in [3.8, 4) is 11.1 Å². The summed E-state index contributed by atoms with van der Waals surface area (Å²) in [6, 6.07) is 13.2. The van der Waals surface area contributed by atoms with Crippen molar-refractivity contribution >= 4 is 0 Å². The third-order valence-electron chi connectivity index (χ3n) is 5.53.